The number of alkyl halides is 3. The molecule has 0 radical (unpaired) electrons. The van der Waals surface area contributed by atoms with E-state index in [-0.39, 0.29) is 5.56 Å². The molecule has 0 aliphatic heterocycles. The fourth-order valence-corrected chi connectivity index (χ4v) is 1.73. The van der Waals surface area contributed by atoms with Gasteiger partial charge in [0.1, 0.15) is 0 Å². The zero-order chi connectivity index (χ0) is 14.8. The molecular weight excluding hydrogens is 273 g/mol. The molecule has 0 fully saturated rings. The molecule has 1 atom stereocenters. The predicted octanol–water partition coefficient (Wildman–Crippen LogP) is 3.92. The van der Waals surface area contributed by atoms with Crippen molar-refractivity contribution in [2.75, 3.05) is 0 Å². The number of hydrogen-bond donors (Lipinski definition) is 1. The fourth-order valence-electron chi connectivity index (χ4n) is 1.73. The third kappa shape index (κ3) is 2.76. The van der Waals surface area contributed by atoms with Crippen LogP contribution in [0.3, 0.4) is 0 Å². The molecular formula is C13H9F3N2O2. The summed E-state index contributed by atoms with van der Waals surface area (Å²) in [4.78, 5) is 11.8. The highest BCUT2D eigenvalue weighted by Crippen LogP contribution is 2.26. The van der Waals surface area contributed by atoms with Crippen LogP contribution in [0.4, 0.5) is 13.2 Å². The molecule has 1 unspecified atom stereocenters. The molecule has 0 spiro atoms. The van der Waals surface area contributed by atoms with Gasteiger partial charge in [0.2, 0.25) is 0 Å². The summed E-state index contributed by atoms with van der Waals surface area (Å²) < 4.78 is 41.5. The molecule has 20 heavy (non-hydrogen) atoms. The van der Waals surface area contributed by atoms with Crippen molar-refractivity contribution in [2.24, 2.45) is 5.11 Å². The lowest BCUT2D eigenvalue weighted by atomic mass is 10.1. The molecule has 104 valence electrons. The molecule has 7 heteroatoms. The number of rotatable bonds is 3. The lowest BCUT2D eigenvalue weighted by Gasteiger charge is -2.15. The Morgan fingerprint density at radius 2 is 1.80 bits per heavy atom. The number of benzene rings is 2. The smallest absolute Gasteiger partial charge is 0.424 e. The Balaban J connectivity index is 2.35. The van der Waals surface area contributed by atoms with Crippen LogP contribution in [0.25, 0.3) is 10.8 Å². The van der Waals surface area contributed by atoms with Crippen LogP contribution in [-0.4, -0.2) is 18.4 Å². The van der Waals surface area contributed by atoms with E-state index in [4.69, 9.17) is 5.53 Å². The Morgan fingerprint density at radius 3 is 2.45 bits per heavy atom. The molecule has 0 bridgehead atoms. The van der Waals surface area contributed by atoms with Crippen molar-refractivity contribution >= 4 is 16.7 Å². The van der Waals surface area contributed by atoms with Crippen LogP contribution >= 0.6 is 0 Å². The number of nitrogens with one attached hydrogen (secondary N) is 1. The summed E-state index contributed by atoms with van der Waals surface area (Å²) in [6.45, 7) is 0. The SMILES string of the molecule is N=NC(OC(=O)c1cccc2ccccc12)C(F)(F)F. The summed E-state index contributed by atoms with van der Waals surface area (Å²) in [6.07, 6.45) is -7.68. The molecule has 2 aromatic rings. The summed E-state index contributed by atoms with van der Waals surface area (Å²) in [6, 6.07) is 11.4. The molecule has 0 aliphatic rings. The minimum Gasteiger partial charge on any atom is -0.424 e. The van der Waals surface area contributed by atoms with E-state index >= 15 is 0 Å². The van der Waals surface area contributed by atoms with Crippen molar-refractivity contribution in [3.8, 4) is 0 Å². The molecule has 0 amide bonds. The summed E-state index contributed by atoms with van der Waals surface area (Å²) >= 11 is 0. The molecule has 2 aromatic carbocycles. The first-order valence-electron chi connectivity index (χ1n) is 5.55. The van der Waals surface area contributed by atoms with E-state index in [1.165, 1.54) is 6.07 Å². The van der Waals surface area contributed by atoms with E-state index in [0.717, 1.165) is 0 Å². The van der Waals surface area contributed by atoms with Gasteiger partial charge in [0, 0.05) is 0 Å². The number of fused-ring (bicyclic) bond motifs is 1. The molecule has 0 aromatic heterocycles. The van der Waals surface area contributed by atoms with Crippen LogP contribution in [0.15, 0.2) is 47.6 Å². The first-order chi connectivity index (χ1) is 9.43. The fraction of sp³-hybridized carbons (Fsp3) is 0.154. The summed E-state index contributed by atoms with van der Waals surface area (Å²) in [5.74, 6) is -1.17. The Hall–Kier alpha value is -2.44. The van der Waals surface area contributed by atoms with Gasteiger partial charge in [-0.05, 0) is 16.8 Å². The Bertz CT molecular complexity index is 650. The van der Waals surface area contributed by atoms with E-state index < -0.39 is 18.4 Å². The number of nitrogens with zero attached hydrogens (tertiary/aromatic N) is 1. The first-order valence-corrected chi connectivity index (χ1v) is 5.55. The quantitative estimate of drug-likeness (QED) is 0.685. The van der Waals surface area contributed by atoms with Crippen LogP contribution in [0.2, 0.25) is 0 Å². The van der Waals surface area contributed by atoms with Gasteiger partial charge in [-0.15, -0.1) is 5.11 Å². The first kappa shape index (κ1) is 14.0. The molecule has 0 saturated heterocycles. The van der Waals surface area contributed by atoms with E-state index in [2.05, 4.69) is 9.85 Å². The number of carbonyl (C=O) groups excluding carboxylic acids is 1. The van der Waals surface area contributed by atoms with E-state index in [9.17, 15) is 18.0 Å². The number of halogens is 3. The second-order valence-corrected chi connectivity index (χ2v) is 3.96. The third-order valence-corrected chi connectivity index (χ3v) is 2.63. The lowest BCUT2D eigenvalue weighted by molar-refractivity contribution is -0.204. The zero-order valence-corrected chi connectivity index (χ0v) is 10.0. The van der Waals surface area contributed by atoms with Gasteiger partial charge < -0.3 is 4.74 Å². The van der Waals surface area contributed by atoms with Crippen molar-refractivity contribution in [1.29, 1.82) is 5.53 Å². The van der Waals surface area contributed by atoms with Gasteiger partial charge in [0.25, 0.3) is 0 Å². The van der Waals surface area contributed by atoms with Crippen LogP contribution in [-0.2, 0) is 4.74 Å². The average molecular weight is 282 g/mol. The van der Waals surface area contributed by atoms with Crippen molar-refractivity contribution in [3.63, 3.8) is 0 Å². The van der Waals surface area contributed by atoms with E-state index in [0.29, 0.717) is 10.8 Å². The van der Waals surface area contributed by atoms with Gasteiger partial charge in [-0.3, -0.25) is 0 Å². The van der Waals surface area contributed by atoms with Crippen LogP contribution < -0.4 is 0 Å². The summed E-state index contributed by atoms with van der Waals surface area (Å²) in [7, 11) is 0. The Morgan fingerprint density at radius 1 is 1.15 bits per heavy atom. The van der Waals surface area contributed by atoms with Crippen molar-refractivity contribution in [2.45, 2.75) is 12.4 Å². The maximum absolute atomic E-state index is 12.4. The van der Waals surface area contributed by atoms with Gasteiger partial charge in [0.15, 0.2) is 0 Å². The van der Waals surface area contributed by atoms with Crippen LogP contribution in [0, 0.1) is 5.53 Å². The molecule has 2 rings (SSSR count). The standard InChI is InChI=1S/C13H9F3N2O2/c14-13(15,16)12(18-17)20-11(19)10-7-3-5-8-4-1-2-6-9(8)10/h1-7,12,17H. The minimum atomic E-state index is -4.90. The van der Waals surface area contributed by atoms with Crippen molar-refractivity contribution in [3.05, 3.63) is 48.0 Å². The molecule has 4 nitrogen and oxygen atoms in total. The zero-order valence-electron chi connectivity index (χ0n) is 10.0. The lowest BCUT2D eigenvalue weighted by Crippen LogP contribution is -2.31. The number of ether oxygens (including phenoxy) is 1. The minimum absolute atomic E-state index is 0.000926. The van der Waals surface area contributed by atoms with Crippen LogP contribution in [0.5, 0.6) is 0 Å². The maximum atomic E-state index is 12.4. The highest BCUT2D eigenvalue weighted by atomic mass is 19.4. The van der Waals surface area contributed by atoms with E-state index in [1.54, 1.807) is 36.4 Å². The summed E-state index contributed by atoms with van der Waals surface area (Å²) in [5, 5.41) is 3.47. The molecule has 1 N–H and O–H groups in total. The highest BCUT2D eigenvalue weighted by Gasteiger charge is 2.43. The molecule has 0 heterocycles. The largest absolute Gasteiger partial charge is 0.449 e. The van der Waals surface area contributed by atoms with Gasteiger partial charge in [0.05, 0.1) is 5.56 Å². The number of hydrogen-bond acceptors (Lipinski definition) is 4. The van der Waals surface area contributed by atoms with Crippen LogP contribution in [0.1, 0.15) is 10.4 Å². The van der Waals surface area contributed by atoms with Gasteiger partial charge in [-0.2, -0.15) is 13.2 Å². The topological polar surface area (TPSA) is 62.5 Å². The van der Waals surface area contributed by atoms with E-state index in [1.807, 2.05) is 0 Å². The predicted molar refractivity (Wildman–Crippen MR) is 64.4 cm³/mol. The number of carbonyl (C=O) groups is 1. The monoisotopic (exact) mass is 282 g/mol. The Labute approximate surface area is 111 Å². The van der Waals surface area contributed by atoms with Crippen molar-refractivity contribution < 1.29 is 22.7 Å². The van der Waals surface area contributed by atoms with Gasteiger partial charge in [-0.25, -0.2) is 10.3 Å². The molecule has 0 aliphatic carbocycles. The molecule has 0 saturated carbocycles. The highest BCUT2D eigenvalue weighted by molar-refractivity contribution is 6.04. The summed E-state index contributed by atoms with van der Waals surface area (Å²) in [5.41, 5.74) is 6.46. The van der Waals surface area contributed by atoms with Crippen molar-refractivity contribution in [1.82, 2.24) is 0 Å². The second-order valence-electron chi connectivity index (χ2n) is 3.96. The normalized spacial score (nSPS) is 12.9. The Kier molecular flexibility index (Phi) is 3.69. The third-order valence-electron chi connectivity index (χ3n) is 2.63. The van der Waals surface area contributed by atoms with Gasteiger partial charge in [-0.1, -0.05) is 36.4 Å². The maximum Gasteiger partial charge on any atom is 0.449 e. The average Bonchev–Trinajstić information content (AvgIpc) is 2.42. The van der Waals surface area contributed by atoms with Gasteiger partial charge >= 0.3 is 18.4 Å². The second kappa shape index (κ2) is 5.28. The number of esters is 1.